The van der Waals surface area contributed by atoms with E-state index >= 15 is 0 Å². The summed E-state index contributed by atoms with van der Waals surface area (Å²) in [5, 5.41) is 0. The van der Waals surface area contributed by atoms with Gasteiger partial charge in [-0.25, -0.2) is 8.78 Å². The van der Waals surface area contributed by atoms with Crippen LogP contribution in [0.25, 0.3) is 0 Å². The van der Waals surface area contributed by atoms with Crippen molar-refractivity contribution in [2.24, 2.45) is 5.92 Å². The van der Waals surface area contributed by atoms with Gasteiger partial charge in [-0.05, 0) is 25.3 Å². The van der Waals surface area contributed by atoms with Gasteiger partial charge in [0.2, 0.25) is 0 Å². The molecule has 1 saturated heterocycles. The van der Waals surface area contributed by atoms with E-state index in [1.165, 1.54) is 0 Å². The van der Waals surface area contributed by atoms with Crippen LogP contribution >= 0.6 is 0 Å². The van der Waals surface area contributed by atoms with Gasteiger partial charge in [0, 0.05) is 24.2 Å². The molecule has 1 aromatic carbocycles. The zero-order valence-electron chi connectivity index (χ0n) is 10.2. The number of piperidine rings is 1. The monoisotopic (exact) mass is 265 g/mol. The molecule has 1 fully saturated rings. The SMILES string of the molecule is O=CC1C(=O)c2cc(F)c(F)cc2N2CCCCC12. The van der Waals surface area contributed by atoms with E-state index in [9.17, 15) is 18.4 Å². The zero-order valence-corrected chi connectivity index (χ0v) is 10.2. The number of Topliss-reactive ketones (excluding diaryl/α,β-unsaturated/α-hetero) is 1. The summed E-state index contributed by atoms with van der Waals surface area (Å²) in [7, 11) is 0. The number of nitrogens with zero attached hydrogens (tertiary/aromatic N) is 1. The highest BCUT2D eigenvalue weighted by Crippen LogP contribution is 2.38. The van der Waals surface area contributed by atoms with Crippen molar-refractivity contribution >= 4 is 17.8 Å². The fraction of sp³-hybridized carbons (Fsp3) is 0.429. The van der Waals surface area contributed by atoms with Crippen LogP contribution in [0.4, 0.5) is 14.5 Å². The Labute approximate surface area is 109 Å². The first-order valence-electron chi connectivity index (χ1n) is 6.38. The Morgan fingerprint density at radius 3 is 2.68 bits per heavy atom. The molecule has 0 aliphatic carbocycles. The highest BCUT2D eigenvalue weighted by atomic mass is 19.2. The molecule has 2 heterocycles. The summed E-state index contributed by atoms with van der Waals surface area (Å²) >= 11 is 0. The van der Waals surface area contributed by atoms with Crippen LogP contribution in [0.3, 0.4) is 0 Å². The highest BCUT2D eigenvalue weighted by Gasteiger charge is 2.41. The van der Waals surface area contributed by atoms with Crippen LogP contribution in [0, 0.1) is 17.6 Å². The molecule has 3 nitrogen and oxygen atoms in total. The second-order valence-corrected chi connectivity index (χ2v) is 5.07. The molecule has 100 valence electrons. The van der Waals surface area contributed by atoms with Gasteiger partial charge in [0.1, 0.15) is 6.29 Å². The number of hydrogen-bond acceptors (Lipinski definition) is 3. The van der Waals surface area contributed by atoms with E-state index in [1.54, 1.807) is 0 Å². The molecule has 2 aliphatic rings. The van der Waals surface area contributed by atoms with Gasteiger partial charge >= 0.3 is 0 Å². The summed E-state index contributed by atoms with van der Waals surface area (Å²) in [6.07, 6.45) is 3.23. The third-order valence-electron chi connectivity index (χ3n) is 4.03. The van der Waals surface area contributed by atoms with Crippen LogP contribution in [0.1, 0.15) is 29.6 Å². The van der Waals surface area contributed by atoms with Gasteiger partial charge in [-0.1, -0.05) is 0 Å². The molecule has 1 aromatic rings. The number of benzene rings is 1. The maximum Gasteiger partial charge on any atom is 0.177 e. The second kappa shape index (κ2) is 4.40. The van der Waals surface area contributed by atoms with Crippen molar-refractivity contribution in [2.75, 3.05) is 11.4 Å². The molecule has 0 aromatic heterocycles. The van der Waals surface area contributed by atoms with Crippen LogP contribution in [0.15, 0.2) is 12.1 Å². The average Bonchev–Trinajstić information content (AvgIpc) is 2.42. The van der Waals surface area contributed by atoms with Crippen LogP contribution in [0.2, 0.25) is 0 Å². The number of fused-ring (bicyclic) bond motifs is 3. The van der Waals surface area contributed by atoms with Crippen molar-refractivity contribution in [2.45, 2.75) is 25.3 Å². The third-order valence-corrected chi connectivity index (χ3v) is 4.03. The van der Waals surface area contributed by atoms with Crippen molar-refractivity contribution in [1.29, 1.82) is 0 Å². The predicted molar refractivity (Wildman–Crippen MR) is 65.2 cm³/mol. The smallest absolute Gasteiger partial charge is 0.177 e. The minimum Gasteiger partial charge on any atom is -0.367 e. The quantitative estimate of drug-likeness (QED) is 0.577. The summed E-state index contributed by atoms with van der Waals surface area (Å²) in [5.74, 6) is -3.17. The topological polar surface area (TPSA) is 37.4 Å². The maximum atomic E-state index is 13.4. The molecule has 2 atom stereocenters. The Bertz CT molecular complexity index is 559. The zero-order chi connectivity index (χ0) is 13.6. The number of ketones is 1. The molecule has 19 heavy (non-hydrogen) atoms. The molecule has 2 unspecified atom stereocenters. The summed E-state index contributed by atoms with van der Waals surface area (Å²) in [6, 6.07) is 1.77. The van der Waals surface area contributed by atoms with E-state index in [0.29, 0.717) is 18.5 Å². The lowest BCUT2D eigenvalue weighted by Gasteiger charge is -2.44. The first kappa shape index (κ1) is 12.3. The number of rotatable bonds is 1. The Balaban J connectivity index is 2.17. The van der Waals surface area contributed by atoms with Crippen molar-refractivity contribution in [3.8, 4) is 0 Å². The molecule has 3 rings (SSSR count). The van der Waals surface area contributed by atoms with Crippen molar-refractivity contribution < 1.29 is 18.4 Å². The lowest BCUT2D eigenvalue weighted by Crippen LogP contribution is -2.51. The van der Waals surface area contributed by atoms with E-state index in [0.717, 1.165) is 31.4 Å². The second-order valence-electron chi connectivity index (χ2n) is 5.07. The predicted octanol–water partition coefficient (Wildman–Crippen LogP) is 2.34. The van der Waals surface area contributed by atoms with Gasteiger partial charge in [-0.3, -0.25) is 4.79 Å². The molecule has 0 spiro atoms. The standard InChI is InChI=1S/C14H13F2NO2/c15-10-5-8-13(6-11(10)16)17-4-2-1-3-12(17)9(7-18)14(8)19/h5-7,9,12H,1-4H2. The van der Waals surface area contributed by atoms with Gasteiger partial charge in [0.15, 0.2) is 17.4 Å². The largest absolute Gasteiger partial charge is 0.367 e. The number of hydrogen-bond donors (Lipinski definition) is 0. The average molecular weight is 265 g/mol. The Hall–Kier alpha value is -1.78. The van der Waals surface area contributed by atoms with Gasteiger partial charge in [0.05, 0.1) is 11.6 Å². The van der Waals surface area contributed by atoms with Gasteiger partial charge < -0.3 is 9.69 Å². The molecule has 5 heteroatoms. The number of aldehydes is 1. The molecule has 0 N–H and O–H groups in total. The van der Waals surface area contributed by atoms with Crippen LogP contribution in [-0.2, 0) is 4.79 Å². The molecule has 0 amide bonds. The number of halogens is 2. The molecular weight excluding hydrogens is 252 g/mol. The normalized spacial score (nSPS) is 25.8. The molecule has 2 aliphatic heterocycles. The van der Waals surface area contributed by atoms with Gasteiger partial charge in [-0.2, -0.15) is 0 Å². The van der Waals surface area contributed by atoms with E-state index in [4.69, 9.17) is 0 Å². The number of anilines is 1. The van der Waals surface area contributed by atoms with E-state index in [2.05, 4.69) is 0 Å². The summed E-state index contributed by atoms with van der Waals surface area (Å²) in [5.41, 5.74) is 0.542. The van der Waals surface area contributed by atoms with Crippen molar-refractivity contribution in [3.05, 3.63) is 29.3 Å². The Morgan fingerprint density at radius 1 is 1.21 bits per heavy atom. The van der Waals surface area contributed by atoms with Crippen molar-refractivity contribution in [3.63, 3.8) is 0 Å². The first-order valence-corrected chi connectivity index (χ1v) is 6.38. The molecule has 0 bridgehead atoms. The molecule has 0 saturated carbocycles. The number of carbonyl (C=O) groups excluding carboxylic acids is 2. The van der Waals surface area contributed by atoms with Gasteiger partial charge in [0.25, 0.3) is 0 Å². The van der Waals surface area contributed by atoms with Crippen molar-refractivity contribution in [1.82, 2.24) is 0 Å². The van der Waals surface area contributed by atoms with Crippen LogP contribution < -0.4 is 4.90 Å². The lowest BCUT2D eigenvalue weighted by atomic mass is 9.81. The number of carbonyl (C=O) groups is 2. The summed E-state index contributed by atoms with van der Waals surface area (Å²) < 4.78 is 26.7. The van der Waals surface area contributed by atoms with Crippen LogP contribution in [0.5, 0.6) is 0 Å². The highest BCUT2D eigenvalue weighted by molar-refractivity contribution is 6.11. The summed E-state index contributed by atoms with van der Waals surface area (Å²) in [6.45, 7) is 0.667. The van der Waals surface area contributed by atoms with E-state index < -0.39 is 23.3 Å². The Morgan fingerprint density at radius 2 is 1.95 bits per heavy atom. The molecular formula is C14H13F2NO2. The fourth-order valence-corrected chi connectivity index (χ4v) is 3.11. The first-order chi connectivity index (χ1) is 9.13. The maximum absolute atomic E-state index is 13.4. The summed E-state index contributed by atoms with van der Waals surface area (Å²) in [4.78, 5) is 25.3. The fourth-order valence-electron chi connectivity index (χ4n) is 3.11. The van der Waals surface area contributed by atoms with Crippen LogP contribution in [-0.4, -0.2) is 24.7 Å². The van der Waals surface area contributed by atoms with E-state index in [-0.39, 0.29) is 11.6 Å². The lowest BCUT2D eigenvalue weighted by molar-refractivity contribution is -0.110. The van der Waals surface area contributed by atoms with Gasteiger partial charge in [-0.15, -0.1) is 0 Å². The Kier molecular flexibility index (Phi) is 2.84. The minimum absolute atomic E-state index is 0.120. The molecule has 0 radical (unpaired) electrons. The van der Waals surface area contributed by atoms with E-state index in [1.807, 2.05) is 4.90 Å². The third kappa shape index (κ3) is 1.76. The minimum atomic E-state index is -1.05.